The molecule has 0 atom stereocenters. The molecule has 0 saturated heterocycles. The van der Waals surface area contributed by atoms with E-state index >= 15 is 0 Å². The van der Waals surface area contributed by atoms with E-state index < -0.39 is 17.7 Å². The van der Waals surface area contributed by atoms with Crippen molar-refractivity contribution in [2.45, 2.75) is 20.2 Å². The van der Waals surface area contributed by atoms with Gasteiger partial charge in [0.2, 0.25) is 0 Å². The van der Waals surface area contributed by atoms with Crippen LogP contribution in [0.2, 0.25) is 0 Å². The number of hydrogen-bond donors (Lipinski definition) is 0. The third kappa shape index (κ3) is 2.44. The number of aryl methyl sites for hydroxylation is 2. The van der Waals surface area contributed by atoms with Gasteiger partial charge in [0.05, 0.1) is 10.9 Å². The summed E-state index contributed by atoms with van der Waals surface area (Å²) in [5, 5.41) is -0.0418. The Hall–Kier alpha value is -2.05. The highest BCUT2D eigenvalue weighted by atomic mass is 19.4. The van der Waals surface area contributed by atoms with Crippen molar-refractivity contribution >= 4 is 10.9 Å². The van der Waals surface area contributed by atoms with Gasteiger partial charge in [-0.1, -0.05) is 0 Å². The molecule has 0 aliphatic heterocycles. The number of nitrogens with zero attached hydrogens (tertiary/aromatic N) is 1. The number of hydrogen-bond acceptors (Lipinski definition) is 4. The molecule has 0 saturated carbocycles. The number of alkyl halides is 3. The largest absolute Gasteiger partial charge is 0.573 e. The van der Waals surface area contributed by atoms with Crippen LogP contribution in [0.1, 0.15) is 11.5 Å². The van der Waals surface area contributed by atoms with Crippen molar-refractivity contribution in [1.82, 2.24) is 4.98 Å². The first-order valence-electron chi connectivity index (χ1n) is 4.94. The zero-order chi connectivity index (χ0) is 13.5. The second-order valence-electron chi connectivity index (χ2n) is 3.70. The van der Waals surface area contributed by atoms with E-state index in [-0.39, 0.29) is 11.3 Å². The predicted molar refractivity (Wildman–Crippen MR) is 56.4 cm³/mol. The van der Waals surface area contributed by atoms with Gasteiger partial charge in [0.25, 0.3) is 0 Å². The molecule has 0 spiro atoms. The molecule has 0 aliphatic carbocycles. The van der Waals surface area contributed by atoms with Gasteiger partial charge in [-0.15, -0.1) is 13.2 Å². The summed E-state index contributed by atoms with van der Waals surface area (Å²) in [6, 6.07) is 2.13. The lowest BCUT2D eigenvalue weighted by Gasteiger charge is -2.10. The van der Waals surface area contributed by atoms with Crippen molar-refractivity contribution in [3.8, 4) is 5.75 Å². The number of halogens is 3. The Morgan fingerprint density at radius 3 is 2.56 bits per heavy atom. The highest BCUT2D eigenvalue weighted by molar-refractivity contribution is 5.82. The SMILES string of the molecule is Cc1nc2c(C)cc(OC(F)(F)F)cc2c(=O)o1. The maximum atomic E-state index is 12.1. The van der Waals surface area contributed by atoms with Crippen LogP contribution in [0.3, 0.4) is 0 Å². The molecule has 0 radical (unpaired) electrons. The molecule has 0 amide bonds. The van der Waals surface area contributed by atoms with E-state index in [2.05, 4.69) is 9.72 Å². The molecule has 96 valence electrons. The highest BCUT2D eigenvalue weighted by Gasteiger charge is 2.31. The smallest absolute Gasteiger partial charge is 0.408 e. The number of benzene rings is 1. The summed E-state index contributed by atoms with van der Waals surface area (Å²) >= 11 is 0. The highest BCUT2D eigenvalue weighted by Crippen LogP contribution is 2.27. The Morgan fingerprint density at radius 1 is 1.28 bits per heavy atom. The van der Waals surface area contributed by atoms with Crippen LogP contribution in [0.25, 0.3) is 10.9 Å². The van der Waals surface area contributed by atoms with Crippen LogP contribution in [0.15, 0.2) is 21.3 Å². The van der Waals surface area contributed by atoms with E-state index in [4.69, 9.17) is 4.42 Å². The Morgan fingerprint density at radius 2 is 1.94 bits per heavy atom. The van der Waals surface area contributed by atoms with Crippen molar-refractivity contribution in [2.24, 2.45) is 0 Å². The van der Waals surface area contributed by atoms with Crippen LogP contribution in [0, 0.1) is 13.8 Å². The average molecular weight is 259 g/mol. The third-order valence-electron chi connectivity index (χ3n) is 2.24. The normalized spacial score (nSPS) is 11.8. The van der Waals surface area contributed by atoms with Gasteiger partial charge in [-0.25, -0.2) is 9.78 Å². The molecule has 1 heterocycles. The molecule has 4 nitrogen and oxygen atoms in total. The fourth-order valence-electron chi connectivity index (χ4n) is 1.61. The first-order chi connectivity index (χ1) is 8.26. The van der Waals surface area contributed by atoms with Gasteiger partial charge in [0.15, 0.2) is 5.89 Å². The molecule has 0 bridgehead atoms. The Labute approximate surface area is 99.0 Å². The van der Waals surface area contributed by atoms with Crippen LogP contribution in [0.5, 0.6) is 5.75 Å². The van der Waals surface area contributed by atoms with Crippen molar-refractivity contribution in [3.63, 3.8) is 0 Å². The van der Waals surface area contributed by atoms with Gasteiger partial charge in [0.1, 0.15) is 5.75 Å². The Balaban J connectivity index is 2.66. The molecule has 0 N–H and O–H groups in total. The van der Waals surface area contributed by atoms with Gasteiger partial charge >= 0.3 is 12.0 Å². The molecule has 7 heteroatoms. The van der Waals surface area contributed by atoms with Gasteiger partial charge in [0, 0.05) is 6.92 Å². The lowest BCUT2D eigenvalue weighted by atomic mass is 10.1. The fourth-order valence-corrected chi connectivity index (χ4v) is 1.61. The summed E-state index contributed by atoms with van der Waals surface area (Å²) in [4.78, 5) is 15.5. The van der Waals surface area contributed by atoms with Crippen molar-refractivity contribution < 1.29 is 22.3 Å². The molecule has 2 rings (SSSR count). The van der Waals surface area contributed by atoms with E-state index in [9.17, 15) is 18.0 Å². The molecule has 1 aromatic heterocycles. The minimum absolute atomic E-state index is 0.0418. The number of rotatable bonds is 1. The maximum absolute atomic E-state index is 12.1. The molecule has 0 aliphatic rings. The maximum Gasteiger partial charge on any atom is 0.573 e. The summed E-state index contributed by atoms with van der Waals surface area (Å²) in [7, 11) is 0. The second-order valence-corrected chi connectivity index (χ2v) is 3.70. The molecular formula is C11H8F3NO3. The molecule has 0 unspecified atom stereocenters. The van der Waals surface area contributed by atoms with Gasteiger partial charge < -0.3 is 9.15 Å². The van der Waals surface area contributed by atoms with E-state index in [1.807, 2.05) is 0 Å². The standard InChI is InChI=1S/C11H8F3NO3/c1-5-3-7(18-11(12,13)14)4-8-9(5)15-6(2)17-10(8)16/h3-4H,1-2H3. The van der Waals surface area contributed by atoms with E-state index in [1.54, 1.807) is 0 Å². The van der Waals surface area contributed by atoms with Gasteiger partial charge in [-0.3, -0.25) is 0 Å². The minimum Gasteiger partial charge on any atom is -0.408 e. The Bertz CT molecular complexity index is 661. The van der Waals surface area contributed by atoms with E-state index in [0.717, 1.165) is 6.07 Å². The summed E-state index contributed by atoms with van der Waals surface area (Å²) in [5.41, 5.74) is -0.0331. The van der Waals surface area contributed by atoms with Crippen molar-refractivity contribution in [2.75, 3.05) is 0 Å². The molecule has 2 aromatic rings. The lowest BCUT2D eigenvalue weighted by Crippen LogP contribution is -2.17. The number of ether oxygens (including phenoxy) is 1. The quantitative estimate of drug-likeness (QED) is 0.790. The second kappa shape index (κ2) is 4.01. The van der Waals surface area contributed by atoms with Crippen LogP contribution < -0.4 is 10.4 Å². The zero-order valence-corrected chi connectivity index (χ0v) is 9.46. The molecule has 18 heavy (non-hydrogen) atoms. The fraction of sp³-hybridized carbons (Fsp3) is 0.273. The number of fused-ring (bicyclic) bond motifs is 1. The Kier molecular flexibility index (Phi) is 2.76. The first-order valence-corrected chi connectivity index (χ1v) is 4.94. The monoisotopic (exact) mass is 259 g/mol. The summed E-state index contributed by atoms with van der Waals surface area (Å²) < 4.78 is 44.8. The molecular weight excluding hydrogens is 251 g/mol. The van der Waals surface area contributed by atoms with Crippen LogP contribution in [-0.2, 0) is 0 Å². The zero-order valence-electron chi connectivity index (χ0n) is 9.46. The van der Waals surface area contributed by atoms with E-state index in [0.29, 0.717) is 11.1 Å². The van der Waals surface area contributed by atoms with Gasteiger partial charge in [-0.05, 0) is 24.6 Å². The van der Waals surface area contributed by atoms with Crippen LogP contribution >= 0.6 is 0 Å². The topological polar surface area (TPSA) is 52.3 Å². The van der Waals surface area contributed by atoms with Crippen LogP contribution in [-0.4, -0.2) is 11.3 Å². The molecule has 0 fully saturated rings. The van der Waals surface area contributed by atoms with Crippen molar-refractivity contribution in [3.05, 3.63) is 34.0 Å². The molecule has 1 aromatic carbocycles. The van der Waals surface area contributed by atoms with Gasteiger partial charge in [-0.2, -0.15) is 0 Å². The predicted octanol–water partition coefficient (Wildman–Crippen LogP) is 2.70. The minimum atomic E-state index is -4.81. The average Bonchev–Trinajstić information content (AvgIpc) is 2.17. The van der Waals surface area contributed by atoms with Crippen LogP contribution in [0.4, 0.5) is 13.2 Å². The summed E-state index contributed by atoms with van der Waals surface area (Å²) in [5.74, 6) is -0.314. The lowest BCUT2D eigenvalue weighted by molar-refractivity contribution is -0.274. The number of aromatic nitrogens is 1. The van der Waals surface area contributed by atoms with Crippen molar-refractivity contribution in [1.29, 1.82) is 0 Å². The third-order valence-corrected chi connectivity index (χ3v) is 2.24. The summed E-state index contributed by atoms with van der Waals surface area (Å²) in [6.07, 6.45) is -4.81. The summed E-state index contributed by atoms with van der Waals surface area (Å²) in [6.45, 7) is 3.03. The first kappa shape index (κ1) is 12.4. The van der Waals surface area contributed by atoms with E-state index in [1.165, 1.54) is 19.9 Å².